The molecule has 1 aliphatic heterocycles. The van der Waals surface area contributed by atoms with E-state index < -0.39 is 0 Å². The minimum atomic E-state index is -0.0859. The highest BCUT2D eigenvalue weighted by atomic mass is 79.9. The van der Waals surface area contributed by atoms with Crippen LogP contribution in [-0.4, -0.2) is 36.0 Å². The highest BCUT2D eigenvalue weighted by Gasteiger charge is 2.40. The van der Waals surface area contributed by atoms with Gasteiger partial charge in [-0.1, -0.05) is 22.9 Å². The molecule has 1 fully saturated rings. The monoisotopic (exact) mass is 353 g/mol. The lowest BCUT2D eigenvalue weighted by Gasteiger charge is -2.49. The van der Waals surface area contributed by atoms with Crippen molar-refractivity contribution in [1.29, 1.82) is 0 Å². The number of piperidine rings is 1. The zero-order valence-corrected chi connectivity index (χ0v) is 14.7. The first-order valence-electron chi connectivity index (χ1n) is 7.30. The Morgan fingerprint density at radius 2 is 2.14 bits per heavy atom. The zero-order chi connectivity index (χ0) is 15.8. The van der Waals surface area contributed by atoms with Crippen molar-refractivity contribution in [2.45, 2.75) is 38.8 Å². The van der Waals surface area contributed by atoms with Crippen LogP contribution in [0.25, 0.3) is 0 Å². The van der Waals surface area contributed by atoms with Crippen molar-refractivity contribution in [3.8, 4) is 0 Å². The van der Waals surface area contributed by atoms with Crippen LogP contribution in [0, 0.1) is 5.92 Å². The van der Waals surface area contributed by atoms with Gasteiger partial charge in [-0.05, 0) is 51.4 Å². The summed E-state index contributed by atoms with van der Waals surface area (Å²) in [6.07, 6.45) is 0.962. The van der Waals surface area contributed by atoms with Crippen molar-refractivity contribution in [3.05, 3.63) is 28.2 Å². The summed E-state index contributed by atoms with van der Waals surface area (Å²) in [4.78, 5) is 14.8. The maximum atomic E-state index is 12.5. The summed E-state index contributed by atoms with van der Waals surface area (Å²) in [6, 6.07) is 5.54. The molecule has 0 aliphatic carbocycles. The molecule has 1 heterocycles. The molecule has 1 saturated heterocycles. The van der Waals surface area contributed by atoms with Gasteiger partial charge in [0.05, 0.1) is 5.56 Å². The van der Waals surface area contributed by atoms with Gasteiger partial charge in [0.15, 0.2) is 0 Å². The summed E-state index contributed by atoms with van der Waals surface area (Å²) in [7, 11) is 2.14. The molecular formula is C16H24BrN3O. The lowest BCUT2D eigenvalue weighted by molar-refractivity contribution is 0.0289. The van der Waals surface area contributed by atoms with Gasteiger partial charge in [-0.25, -0.2) is 0 Å². The number of carbonyl (C=O) groups excluding carboxylic acids is 1. The number of nitrogens with zero attached hydrogens (tertiary/aromatic N) is 1. The number of nitrogens with one attached hydrogen (secondary N) is 1. The molecule has 4 nitrogen and oxygen atoms in total. The summed E-state index contributed by atoms with van der Waals surface area (Å²) < 4.78 is 0.880. The SMILES string of the molecule is CC1C(NC(=O)c2ccc(Br)cc2N)CCN(C)C1(C)C. The Morgan fingerprint density at radius 1 is 1.48 bits per heavy atom. The predicted molar refractivity (Wildman–Crippen MR) is 90.3 cm³/mol. The van der Waals surface area contributed by atoms with Crippen LogP contribution in [0.5, 0.6) is 0 Å². The summed E-state index contributed by atoms with van der Waals surface area (Å²) in [5, 5.41) is 3.16. The minimum Gasteiger partial charge on any atom is -0.398 e. The third-order valence-corrected chi connectivity index (χ3v) is 5.55. The summed E-state index contributed by atoms with van der Waals surface area (Å²) in [6.45, 7) is 7.64. The molecule has 21 heavy (non-hydrogen) atoms. The fraction of sp³-hybridized carbons (Fsp3) is 0.562. The van der Waals surface area contributed by atoms with Crippen molar-refractivity contribution in [2.75, 3.05) is 19.3 Å². The van der Waals surface area contributed by atoms with Gasteiger partial charge in [-0.3, -0.25) is 4.79 Å². The van der Waals surface area contributed by atoms with Crippen LogP contribution < -0.4 is 11.1 Å². The molecule has 0 bridgehead atoms. The van der Waals surface area contributed by atoms with Crippen molar-refractivity contribution in [2.24, 2.45) is 5.92 Å². The third kappa shape index (κ3) is 3.24. The number of nitrogen functional groups attached to an aromatic ring is 1. The maximum absolute atomic E-state index is 12.5. The summed E-state index contributed by atoms with van der Waals surface area (Å²) >= 11 is 3.36. The van der Waals surface area contributed by atoms with Crippen molar-refractivity contribution in [1.82, 2.24) is 10.2 Å². The Labute approximate surface area is 135 Å². The van der Waals surface area contributed by atoms with E-state index in [0.717, 1.165) is 17.4 Å². The van der Waals surface area contributed by atoms with Gasteiger partial charge in [0.1, 0.15) is 0 Å². The van der Waals surface area contributed by atoms with Crippen molar-refractivity contribution in [3.63, 3.8) is 0 Å². The van der Waals surface area contributed by atoms with E-state index in [1.54, 1.807) is 12.1 Å². The second-order valence-electron chi connectivity index (χ2n) is 6.46. The molecular weight excluding hydrogens is 330 g/mol. The molecule has 0 spiro atoms. The number of carbonyl (C=O) groups is 1. The van der Waals surface area contributed by atoms with Crippen molar-refractivity contribution < 1.29 is 4.79 Å². The van der Waals surface area contributed by atoms with Crippen molar-refractivity contribution >= 4 is 27.5 Å². The zero-order valence-electron chi connectivity index (χ0n) is 13.1. The molecule has 0 aromatic heterocycles. The second kappa shape index (κ2) is 5.97. The van der Waals surface area contributed by atoms with E-state index in [1.165, 1.54) is 0 Å². The fourth-order valence-corrected chi connectivity index (χ4v) is 3.27. The molecule has 1 aliphatic rings. The van der Waals surface area contributed by atoms with Crippen LogP contribution in [0.1, 0.15) is 37.6 Å². The fourth-order valence-electron chi connectivity index (χ4n) is 2.89. The van der Waals surface area contributed by atoms with Gasteiger partial charge < -0.3 is 16.0 Å². The lowest BCUT2D eigenvalue weighted by Crippen LogP contribution is -2.59. The Hall–Kier alpha value is -1.07. The molecule has 3 N–H and O–H groups in total. The number of hydrogen-bond acceptors (Lipinski definition) is 3. The van der Waals surface area contributed by atoms with E-state index in [9.17, 15) is 4.79 Å². The van der Waals surface area contributed by atoms with E-state index in [4.69, 9.17) is 5.73 Å². The van der Waals surface area contributed by atoms with Gasteiger partial charge in [-0.15, -0.1) is 0 Å². The highest BCUT2D eigenvalue weighted by Crippen LogP contribution is 2.32. The third-order valence-electron chi connectivity index (χ3n) is 5.05. The second-order valence-corrected chi connectivity index (χ2v) is 7.38. The molecule has 1 aromatic carbocycles. The molecule has 2 unspecified atom stereocenters. The van der Waals surface area contributed by atoms with E-state index >= 15 is 0 Å². The Kier molecular flexibility index (Phi) is 4.63. The van der Waals surface area contributed by atoms with Crippen LogP contribution >= 0.6 is 15.9 Å². The van der Waals surface area contributed by atoms with Gasteiger partial charge in [-0.2, -0.15) is 0 Å². The number of rotatable bonds is 2. The highest BCUT2D eigenvalue weighted by molar-refractivity contribution is 9.10. The molecule has 1 amide bonds. The van der Waals surface area contributed by atoms with Crippen LogP contribution in [-0.2, 0) is 0 Å². The number of anilines is 1. The van der Waals surface area contributed by atoms with Gasteiger partial charge in [0, 0.05) is 28.3 Å². The van der Waals surface area contributed by atoms with E-state index in [-0.39, 0.29) is 17.5 Å². The molecule has 116 valence electrons. The standard InChI is InChI=1S/C16H24BrN3O/c1-10-14(7-8-20(4)16(10,2)3)19-15(21)12-6-5-11(17)9-13(12)18/h5-6,9-10,14H,7-8,18H2,1-4H3,(H,19,21). The average molecular weight is 354 g/mol. The van der Waals surface area contributed by atoms with E-state index in [1.807, 2.05) is 6.07 Å². The van der Waals surface area contributed by atoms with Crippen LogP contribution in [0.4, 0.5) is 5.69 Å². The van der Waals surface area contributed by atoms with Crippen LogP contribution in [0.3, 0.4) is 0 Å². The largest absolute Gasteiger partial charge is 0.398 e. The summed E-state index contributed by atoms with van der Waals surface area (Å²) in [5.41, 5.74) is 7.05. The van der Waals surface area contributed by atoms with Crippen LogP contribution in [0.2, 0.25) is 0 Å². The number of nitrogens with two attached hydrogens (primary N) is 1. The first kappa shape index (κ1) is 16.3. The molecule has 1 aromatic rings. The number of hydrogen-bond donors (Lipinski definition) is 2. The smallest absolute Gasteiger partial charge is 0.253 e. The van der Waals surface area contributed by atoms with Gasteiger partial charge in [0.2, 0.25) is 0 Å². The average Bonchev–Trinajstić information content (AvgIpc) is 2.40. The molecule has 0 radical (unpaired) electrons. The number of likely N-dealkylation sites (tertiary alicyclic amines) is 1. The van der Waals surface area contributed by atoms with Gasteiger partial charge in [0.25, 0.3) is 5.91 Å². The summed E-state index contributed by atoms with van der Waals surface area (Å²) in [5.74, 6) is 0.286. The number of amides is 1. The van der Waals surface area contributed by atoms with Crippen LogP contribution in [0.15, 0.2) is 22.7 Å². The molecule has 5 heteroatoms. The molecule has 2 rings (SSSR count). The Morgan fingerprint density at radius 3 is 2.76 bits per heavy atom. The predicted octanol–water partition coefficient (Wildman–Crippen LogP) is 2.88. The minimum absolute atomic E-state index is 0.0709. The number of benzene rings is 1. The van der Waals surface area contributed by atoms with Gasteiger partial charge >= 0.3 is 0 Å². The molecule has 2 atom stereocenters. The maximum Gasteiger partial charge on any atom is 0.253 e. The lowest BCUT2D eigenvalue weighted by atomic mass is 9.77. The number of halogens is 1. The van der Waals surface area contributed by atoms with E-state index in [0.29, 0.717) is 17.2 Å². The normalized spacial score (nSPS) is 25.6. The first-order chi connectivity index (χ1) is 9.73. The quantitative estimate of drug-likeness (QED) is 0.803. The van der Waals surface area contributed by atoms with E-state index in [2.05, 4.69) is 54.0 Å². The molecule has 0 saturated carbocycles. The Bertz CT molecular complexity index is 544. The Balaban J connectivity index is 2.13. The first-order valence-corrected chi connectivity index (χ1v) is 8.10. The topological polar surface area (TPSA) is 58.4 Å².